The standard InChI is InChI=1S/C10H8BrN3O/c11-9-4-2-1-3-8(9)10(15)14-7-5-12-13-6-7/h1-6H,(H,12,13)(H,14,15). The van der Waals surface area contributed by atoms with Crippen LogP contribution in [-0.4, -0.2) is 16.1 Å². The van der Waals surface area contributed by atoms with Gasteiger partial charge in [-0.1, -0.05) is 12.1 Å². The zero-order valence-electron chi connectivity index (χ0n) is 7.70. The molecule has 0 saturated heterocycles. The summed E-state index contributed by atoms with van der Waals surface area (Å²) in [5, 5.41) is 9.08. The Labute approximate surface area is 94.8 Å². The first-order valence-electron chi connectivity index (χ1n) is 4.32. The molecule has 0 fully saturated rings. The smallest absolute Gasteiger partial charge is 0.256 e. The Morgan fingerprint density at radius 2 is 2.20 bits per heavy atom. The van der Waals surface area contributed by atoms with Crippen LogP contribution >= 0.6 is 15.9 Å². The number of hydrogen-bond donors (Lipinski definition) is 2. The number of halogens is 1. The molecule has 1 aromatic carbocycles. The van der Waals surface area contributed by atoms with Crippen LogP contribution in [-0.2, 0) is 0 Å². The predicted molar refractivity (Wildman–Crippen MR) is 60.7 cm³/mol. The van der Waals surface area contributed by atoms with Crippen LogP contribution < -0.4 is 5.32 Å². The van der Waals surface area contributed by atoms with Crippen molar-refractivity contribution in [3.63, 3.8) is 0 Å². The molecule has 15 heavy (non-hydrogen) atoms. The number of amides is 1. The van der Waals surface area contributed by atoms with Crippen LogP contribution in [0, 0.1) is 0 Å². The number of hydrogen-bond acceptors (Lipinski definition) is 2. The molecule has 0 atom stereocenters. The summed E-state index contributed by atoms with van der Waals surface area (Å²) >= 11 is 3.32. The van der Waals surface area contributed by atoms with Gasteiger partial charge in [0.2, 0.25) is 0 Å². The summed E-state index contributed by atoms with van der Waals surface area (Å²) in [6.07, 6.45) is 3.17. The third kappa shape index (κ3) is 2.24. The number of aromatic amines is 1. The highest BCUT2D eigenvalue weighted by atomic mass is 79.9. The molecule has 0 saturated carbocycles. The van der Waals surface area contributed by atoms with Crippen LogP contribution in [0.25, 0.3) is 0 Å². The van der Waals surface area contributed by atoms with E-state index in [1.54, 1.807) is 18.5 Å². The lowest BCUT2D eigenvalue weighted by atomic mass is 10.2. The van der Waals surface area contributed by atoms with Gasteiger partial charge in [0.05, 0.1) is 17.4 Å². The fourth-order valence-corrected chi connectivity index (χ4v) is 1.63. The SMILES string of the molecule is O=C(Nc1cn[nH]c1)c1ccccc1Br. The van der Waals surface area contributed by atoms with E-state index in [-0.39, 0.29) is 5.91 Å². The molecule has 0 aliphatic carbocycles. The molecule has 0 bridgehead atoms. The highest BCUT2D eigenvalue weighted by molar-refractivity contribution is 9.10. The summed E-state index contributed by atoms with van der Waals surface area (Å²) < 4.78 is 0.769. The third-order valence-corrected chi connectivity index (χ3v) is 2.57. The molecular formula is C10H8BrN3O. The van der Waals surface area contributed by atoms with E-state index >= 15 is 0 Å². The second-order valence-electron chi connectivity index (χ2n) is 2.92. The van der Waals surface area contributed by atoms with E-state index in [0.717, 1.165) is 4.47 Å². The Morgan fingerprint density at radius 1 is 1.40 bits per heavy atom. The minimum atomic E-state index is -0.163. The van der Waals surface area contributed by atoms with Gasteiger partial charge in [-0.3, -0.25) is 9.89 Å². The third-order valence-electron chi connectivity index (χ3n) is 1.87. The minimum Gasteiger partial charge on any atom is -0.319 e. The van der Waals surface area contributed by atoms with Crippen molar-refractivity contribution in [1.82, 2.24) is 10.2 Å². The van der Waals surface area contributed by atoms with E-state index in [2.05, 4.69) is 31.4 Å². The molecule has 1 amide bonds. The summed E-state index contributed by atoms with van der Waals surface area (Å²) in [5.41, 5.74) is 1.24. The first kappa shape index (κ1) is 9.92. The second-order valence-corrected chi connectivity index (χ2v) is 3.78. The van der Waals surface area contributed by atoms with Crippen molar-refractivity contribution in [2.24, 2.45) is 0 Å². The number of carbonyl (C=O) groups excluding carboxylic acids is 1. The summed E-state index contributed by atoms with van der Waals surface area (Å²) in [5.74, 6) is -0.163. The average molecular weight is 266 g/mol. The van der Waals surface area contributed by atoms with Gasteiger partial charge in [-0.05, 0) is 28.1 Å². The fraction of sp³-hybridized carbons (Fsp3) is 0. The van der Waals surface area contributed by atoms with Crippen molar-refractivity contribution in [3.05, 3.63) is 46.7 Å². The highest BCUT2D eigenvalue weighted by Crippen LogP contribution is 2.17. The molecule has 0 unspecified atom stereocenters. The van der Waals surface area contributed by atoms with Crippen LogP contribution in [0.2, 0.25) is 0 Å². The van der Waals surface area contributed by atoms with E-state index in [4.69, 9.17) is 0 Å². The molecule has 4 nitrogen and oxygen atoms in total. The van der Waals surface area contributed by atoms with Crippen LogP contribution in [0.5, 0.6) is 0 Å². The van der Waals surface area contributed by atoms with Gasteiger partial charge in [-0.25, -0.2) is 0 Å². The molecule has 2 rings (SSSR count). The number of aromatic nitrogens is 2. The lowest BCUT2D eigenvalue weighted by molar-refractivity contribution is 0.102. The summed E-state index contributed by atoms with van der Waals surface area (Å²) in [7, 11) is 0. The normalized spacial score (nSPS) is 9.93. The van der Waals surface area contributed by atoms with E-state index < -0.39 is 0 Å². The lowest BCUT2D eigenvalue weighted by Gasteiger charge is -2.03. The molecular weight excluding hydrogens is 258 g/mol. The van der Waals surface area contributed by atoms with Crippen LogP contribution in [0.3, 0.4) is 0 Å². The molecule has 0 aliphatic rings. The van der Waals surface area contributed by atoms with Gasteiger partial charge >= 0.3 is 0 Å². The molecule has 0 radical (unpaired) electrons. The first-order valence-corrected chi connectivity index (χ1v) is 5.11. The Balaban J connectivity index is 2.19. The summed E-state index contributed by atoms with van der Waals surface area (Å²) in [6.45, 7) is 0. The van der Waals surface area contributed by atoms with Crippen LogP contribution in [0.15, 0.2) is 41.1 Å². The molecule has 1 heterocycles. The predicted octanol–water partition coefficient (Wildman–Crippen LogP) is 2.42. The Hall–Kier alpha value is -1.62. The van der Waals surface area contributed by atoms with Crippen LogP contribution in [0.1, 0.15) is 10.4 Å². The fourth-order valence-electron chi connectivity index (χ4n) is 1.16. The number of rotatable bonds is 2. The maximum Gasteiger partial charge on any atom is 0.256 e. The van der Waals surface area contributed by atoms with Gasteiger partial charge in [0.25, 0.3) is 5.91 Å². The largest absolute Gasteiger partial charge is 0.319 e. The molecule has 0 spiro atoms. The molecule has 76 valence electrons. The topological polar surface area (TPSA) is 57.8 Å². The van der Waals surface area contributed by atoms with Gasteiger partial charge in [-0.2, -0.15) is 5.10 Å². The zero-order valence-corrected chi connectivity index (χ0v) is 9.28. The number of carbonyl (C=O) groups is 1. The second kappa shape index (κ2) is 4.27. The van der Waals surface area contributed by atoms with E-state index in [1.807, 2.05) is 18.2 Å². The first-order chi connectivity index (χ1) is 7.27. The quantitative estimate of drug-likeness (QED) is 0.877. The summed E-state index contributed by atoms with van der Waals surface area (Å²) in [4.78, 5) is 11.8. The Kier molecular flexibility index (Phi) is 2.82. The van der Waals surface area contributed by atoms with Gasteiger partial charge in [-0.15, -0.1) is 0 Å². The molecule has 2 aromatic rings. The average Bonchev–Trinajstić information content (AvgIpc) is 2.71. The number of H-pyrrole nitrogens is 1. The number of nitrogens with zero attached hydrogens (tertiary/aromatic N) is 1. The highest BCUT2D eigenvalue weighted by Gasteiger charge is 2.09. The maximum atomic E-state index is 11.8. The van der Waals surface area contributed by atoms with Crippen molar-refractivity contribution in [1.29, 1.82) is 0 Å². The van der Waals surface area contributed by atoms with Crippen molar-refractivity contribution in [2.45, 2.75) is 0 Å². The Bertz CT molecular complexity index is 467. The van der Waals surface area contributed by atoms with Gasteiger partial charge < -0.3 is 5.32 Å². The number of benzene rings is 1. The van der Waals surface area contributed by atoms with E-state index in [1.165, 1.54) is 0 Å². The van der Waals surface area contributed by atoms with Crippen LogP contribution in [0.4, 0.5) is 5.69 Å². The molecule has 1 aromatic heterocycles. The van der Waals surface area contributed by atoms with E-state index in [0.29, 0.717) is 11.3 Å². The van der Waals surface area contributed by atoms with Gasteiger partial charge in [0, 0.05) is 10.7 Å². The maximum absolute atomic E-state index is 11.8. The molecule has 0 aliphatic heterocycles. The van der Waals surface area contributed by atoms with Gasteiger partial charge in [0.1, 0.15) is 0 Å². The molecule has 5 heteroatoms. The molecule has 2 N–H and O–H groups in total. The van der Waals surface area contributed by atoms with Crippen molar-refractivity contribution in [2.75, 3.05) is 5.32 Å². The number of anilines is 1. The summed E-state index contributed by atoms with van der Waals surface area (Å²) in [6, 6.07) is 7.25. The minimum absolute atomic E-state index is 0.163. The lowest BCUT2D eigenvalue weighted by Crippen LogP contribution is -2.11. The monoisotopic (exact) mass is 265 g/mol. The zero-order chi connectivity index (χ0) is 10.7. The number of nitrogens with one attached hydrogen (secondary N) is 2. The van der Waals surface area contributed by atoms with Crippen molar-refractivity contribution in [3.8, 4) is 0 Å². The van der Waals surface area contributed by atoms with Crippen molar-refractivity contribution < 1.29 is 4.79 Å². The van der Waals surface area contributed by atoms with Crippen molar-refractivity contribution >= 4 is 27.5 Å². The van der Waals surface area contributed by atoms with Gasteiger partial charge in [0.15, 0.2) is 0 Å². The van der Waals surface area contributed by atoms with E-state index in [9.17, 15) is 4.79 Å². The Morgan fingerprint density at radius 3 is 2.87 bits per heavy atom.